The van der Waals surface area contributed by atoms with Crippen molar-refractivity contribution < 1.29 is 24.1 Å². The van der Waals surface area contributed by atoms with Crippen molar-refractivity contribution in [1.29, 1.82) is 0 Å². The Labute approximate surface area is 101 Å². The van der Waals surface area contributed by atoms with Gasteiger partial charge in [-0.25, -0.2) is 0 Å². The second-order valence-corrected chi connectivity index (χ2v) is 6.01. The molecular weight excluding hydrogens is 224 g/mol. The largest absolute Gasteiger partial charge is 0.390 e. The zero-order chi connectivity index (χ0) is 12.4. The van der Waals surface area contributed by atoms with Gasteiger partial charge in [0.25, 0.3) is 0 Å². The van der Waals surface area contributed by atoms with E-state index in [2.05, 4.69) is 0 Å². The topological polar surface area (TPSA) is 57.2 Å². The van der Waals surface area contributed by atoms with Gasteiger partial charge in [0.2, 0.25) is 0 Å². The lowest BCUT2D eigenvalue weighted by Crippen LogP contribution is -2.53. The quantitative estimate of drug-likeness (QED) is 0.682. The lowest BCUT2D eigenvalue weighted by atomic mass is 9.87. The molecule has 2 heterocycles. The molecule has 5 nitrogen and oxygen atoms in total. The van der Waals surface area contributed by atoms with Gasteiger partial charge in [-0.15, -0.1) is 0 Å². The average molecular weight is 244 g/mol. The van der Waals surface area contributed by atoms with E-state index >= 15 is 0 Å². The van der Waals surface area contributed by atoms with Gasteiger partial charge in [-0.05, 0) is 27.7 Å². The minimum Gasteiger partial charge on any atom is -0.390 e. The molecule has 0 spiro atoms. The van der Waals surface area contributed by atoms with Gasteiger partial charge in [0.1, 0.15) is 18.3 Å². The molecule has 5 unspecified atom stereocenters. The Morgan fingerprint density at radius 3 is 2.06 bits per heavy atom. The predicted octanol–water partition coefficient (Wildman–Crippen LogP) is 0.791. The number of hydrogen-bond donors (Lipinski definition) is 1. The fourth-order valence-corrected chi connectivity index (χ4v) is 3.06. The number of fused-ring (bicyclic) bond motifs is 3. The highest BCUT2D eigenvalue weighted by molar-refractivity contribution is 5.03. The van der Waals surface area contributed by atoms with Crippen molar-refractivity contribution in [2.75, 3.05) is 0 Å². The van der Waals surface area contributed by atoms with E-state index in [1.165, 1.54) is 0 Å². The second-order valence-electron chi connectivity index (χ2n) is 6.01. The number of hydrogen-bond acceptors (Lipinski definition) is 5. The van der Waals surface area contributed by atoms with E-state index in [0.717, 1.165) is 0 Å². The summed E-state index contributed by atoms with van der Waals surface area (Å²) in [5, 5.41) is 10.1. The van der Waals surface area contributed by atoms with Crippen molar-refractivity contribution >= 4 is 0 Å². The summed E-state index contributed by atoms with van der Waals surface area (Å²) < 4.78 is 23.2. The van der Waals surface area contributed by atoms with Gasteiger partial charge in [0, 0.05) is 6.42 Å². The van der Waals surface area contributed by atoms with E-state index in [0.29, 0.717) is 6.42 Å². The van der Waals surface area contributed by atoms with Crippen molar-refractivity contribution in [3.05, 3.63) is 0 Å². The van der Waals surface area contributed by atoms with Crippen molar-refractivity contribution in [3.63, 3.8) is 0 Å². The Hall–Kier alpha value is -0.200. The van der Waals surface area contributed by atoms with Crippen LogP contribution in [0.25, 0.3) is 0 Å². The zero-order valence-corrected chi connectivity index (χ0v) is 10.7. The molecule has 0 bridgehead atoms. The molecule has 5 atom stereocenters. The molecule has 0 radical (unpaired) electrons. The van der Waals surface area contributed by atoms with Gasteiger partial charge < -0.3 is 24.1 Å². The van der Waals surface area contributed by atoms with Crippen LogP contribution in [0, 0.1) is 0 Å². The number of aliphatic hydroxyl groups excluding tert-OH is 1. The van der Waals surface area contributed by atoms with E-state index in [-0.39, 0.29) is 24.4 Å². The standard InChI is InChI=1S/C12H20O5/c1-11(2)14-7-5-6(13)8-10(9(7)16-11)17-12(3,4)15-8/h6-10,13H,5H2,1-4H3. The molecule has 17 heavy (non-hydrogen) atoms. The third-order valence-electron chi connectivity index (χ3n) is 3.56. The van der Waals surface area contributed by atoms with E-state index in [1.807, 2.05) is 27.7 Å². The Bertz CT molecular complexity index is 327. The summed E-state index contributed by atoms with van der Waals surface area (Å²) in [5.74, 6) is -1.28. The van der Waals surface area contributed by atoms with Crippen LogP contribution in [-0.2, 0) is 18.9 Å². The minimum atomic E-state index is -0.665. The van der Waals surface area contributed by atoms with E-state index < -0.39 is 17.7 Å². The molecule has 0 amide bonds. The van der Waals surface area contributed by atoms with Crippen molar-refractivity contribution in [2.24, 2.45) is 0 Å². The maximum Gasteiger partial charge on any atom is 0.164 e. The molecule has 0 aromatic carbocycles. The maximum atomic E-state index is 10.1. The van der Waals surface area contributed by atoms with Crippen LogP contribution in [0.3, 0.4) is 0 Å². The van der Waals surface area contributed by atoms with Gasteiger partial charge in [0.15, 0.2) is 11.6 Å². The Morgan fingerprint density at radius 2 is 1.35 bits per heavy atom. The maximum absolute atomic E-state index is 10.1. The Morgan fingerprint density at radius 1 is 0.824 bits per heavy atom. The molecule has 3 fully saturated rings. The first-order valence-electron chi connectivity index (χ1n) is 6.17. The summed E-state index contributed by atoms with van der Waals surface area (Å²) >= 11 is 0. The molecule has 3 rings (SSSR count). The van der Waals surface area contributed by atoms with Gasteiger partial charge >= 0.3 is 0 Å². The van der Waals surface area contributed by atoms with E-state index in [4.69, 9.17) is 18.9 Å². The highest BCUT2D eigenvalue weighted by Gasteiger charge is 2.59. The van der Waals surface area contributed by atoms with Crippen molar-refractivity contribution in [3.8, 4) is 0 Å². The van der Waals surface area contributed by atoms with Crippen LogP contribution in [0.5, 0.6) is 0 Å². The highest BCUT2D eigenvalue weighted by Crippen LogP contribution is 2.44. The first-order valence-corrected chi connectivity index (χ1v) is 6.17. The molecule has 3 aliphatic rings. The molecule has 98 valence electrons. The third kappa shape index (κ3) is 1.90. The summed E-state index contributed by atoms with van der Waals surface area (Å²) in [6.07, 6.45) is -0.849. The van der Waals surface area contributed by atoms with E-state index in [9.17, 15) is 5.11 Å². The average Bonchev–Trinajstić information content (AvgIpc) is 2.62. The van der Waals surface area contributed by atoms with Crippen molar-refractivity contribution in [2.45, 2.75) is 76.2 Å². The predicted molar refractivity (Wildman–Crippen MR) is 58.3 cm³/mol. The van der Waals surface area contributed by atoms with Gasteiger partial charge in [-0.2, -0.15) is 0 Å². The fourth-order valence-electron chi connectivity index (χ4n) is 3.06. The molecule has 1 saturated carbocycles. The summed E-state index contributed by atoms with van der Waals surface area (Å²) in [6, 6.07) is 0. The summed E-state index contributed by atoms with van der Waals surface area (Å²) in [4.78, 5) is 0. The molecule has 0 aromatic heterocycles. The normalized spacial score (nSPS) is 51.0. The van der Waals surface area contributed by atoms with Crippen LogP contribution in [-0.4, -0.2) is 47.2 Å². The van der Waals surface area contributed by atoms with Gasteiger partial charge in [0.05, 0.1) is 12.2 Å². The molecule has 2 aliphatic heterocycles. The van der Waals surface area contributed by atoms with Crippen LogP contribution in [0.2, 0.25) is 0 Å². The van der Waals surface area contributed by atoms with E-state index in [1.54, 1.807) is 0 Å². The van der Waals surface area contributed by atoms with Gasteiger partial charge in [-0.1, -0.05) is 0 Å². The first kappa shape index (κ1) is 11.9. The molecule has 1 aliphatic carbocycles. The SMILES string of the molecule is CC1(C)OC2CC(O)C3OC(C)(C)OC3C2O1. The highest BCUT2D eigenvalue weighted by atomic mass is 16.8. The molecular formula is C12H20O5. The smallest absolute Gasteiger partial charge is 0.164 e. The first-order chi connectivity index (χ1) is 7.77. The number of aliphatic hydroxyl groups is 1. The van der Waals surface area contributed by atoms with Crippen LogP contribution >= 0.6 is 0 Å². The lowest BCUT2D eigenvalue weighted by Gasteiger charge is -2.34. The second kappa shape index (κ2) is 3.42. The summed E-state index contributed by atoms with van der Waals surface area (Å²) in [6.45, 7) is 7.48. The number of rotatable bonds is 0. The van der Waals surface area contributed by atoms with Crippen molar-refractivity contribution in [1.82, 2.24) is 0 Å². The zero-order valence-electron chi connectivity index (χ0n) is 10.7. The molecule has 2 saturated heterocycles. The van der Waals surface area contributed by atoms with Gasteiger partial charge in [-0.3, -0.25) is 0 Å². The molecule has 1 N–H and O–H groups in total. The van der Waals surface area contributed by atoms with Crippen LogP contribution < -0.4 is 0 Å². The summed E-state index contributed by atoms with van der Waals surface area (Å²) in [7, 11) is 0. The lowest BCUT2D eigenvalue weighted by molar-refractivity contribution is -0.177. The minimum absolute atomic E-state index is 0.112. The van der Waals surface area contributed by atoms with Crippen LogP contribution in [0.4, 0.5) is 0 Å². The number of ether oxygens (including phenoxy) is 4. The van der Waals surface area contributed by atoms with Crippen LogP contribution in [0.15, 0.2) is 0 Å². The third-order valence-corrected chi connectivity index (χ3v) is 3.56. The Balaban J connectivity index is 1.86. The monoisotopic (exact) mass is 244 g/mol. The molecule has 0 aromatic rings. The fraction of sp³-hybridized carbons (Fsp3) is 1.00. The Kier molecular flexibility index (Phi) is 2.39. The summed E-state index contributed by atoms with van der Waals surface area (Å²) in [5.41, 5.74) is 0. The molecule has 5 heteroatoms. The van der Waals surface area contributed by atoms with Crippen LogP contribution in [0.1, 0.15) is 34.1 Å².